The number of ether oxygens (including phenoxy) is 1. The van der Waals surface area contributed by atoms with E-state index in [0.29, 0.717) is 31.1 Å². The molecule has 0 radical (unpaired) electrons. The Bertz CT molecular complexity index is 579. The molecule has 0 bridgehead atoms. The van der Waals surface area contributed by atoms with Crippen molar-refractivity contribution in [1.29, 1.82) is 0 Å². The molecule has 7 atom stereocenters. The summed E-state index contributed by atoms with van der Waals surface area (Å²) in [5.74, 6) is -0.307. The number of rotatable bonds is 2. The van der Waals surface area contributed by atoms with E-state index in [0.717, 1.165) is 6.92 Å². The average molecular weight is 332 g/mol. The molecule has 1 N–H and O–H groups in total. The van der Waals surface area contributed by atoms with Crippen LogP contribution in [0.1, 0.15) is 47.0 Å². The van der Waals surface area contributed by atoms with Crippen LogP contribution in [0.25, 0.3) is 0 Å². The molecule has 4 aliphatic rings. The van der Waals surface area contributed by atoms with E-state index in [1.807, 2.05) is 0 Å². The number of esters is 1. The van der Waals surface area contributed by atoms with E-state index < -0.39 is 34.2 Å². The van der Waals surface area contributed by atoms with Gasteiger partial charge >= 0.3 is 12.1 Å². The number of alkyl halides is 3. The Hall–Kier alpha value is -0.780. The average Bonchev–Trinajstić information content (AvgIpc) is 2.97. The van der Waals surface area contributed by atoms with Gasteiger partial charge in [-0.05, 0) is 42.9 Å². The Labute approximate surface area is 133 Å². The van der Waals surface area contributed by atoms with Crippen LogP contribution >= 0.6 is 0 Å². The van der Waals surface area contributed by atoms with E-state index in [1.165, 1.54) is 20.8 Å². The number of aliphatic hydroxyl groups is 1. The zero-order chi connectivity index (χ0) is 17.2. The number of hydrogen-bond acceptors (Lipinski definition) is 3. The van der Waals surface area contributed by atoms with Gasteiger partial charge in [0.1, 0.15) is 5.60 Å². The fourth-order valence-corrected chi connectivity index (χ4v) is 5.98. The highest BCUT2D eigenvalue weighted by molar-refractivity contribution is 5.79. The summed E-state index contributed by atoms with van der Waals surface area (Å²) in [6.07, 6.45) is -3.04. The van der Waals surface area contributed by atoms with Crippen molar-refractivity contribution in [2.45, 2.75) is 64.3 Å². The second-order valence-corrected chi connectivity index (χ2v) is 9.40. The van der Waals surface area contributed by atoms with Gasteiger partial charge in [0.25, 0.3) is 0 Å². The molecule has 0 aromatic carbocycles. The summed E-state index contributed by atoms with van der Waals surface area (Å²) in [5, 5.41) is 10.6. The van der Waals surface area contributed by atoms with Crippen molar-refractivity contribution in [3.05, 3.63) is 0 Å². The van der Waals surface area contributed by atoms with Gasteiger partial charge in [-0.1, -0.05) is 20.8 Å². The molecular weight excluding hydrogens is 309 g/mol. The Balaban J connectivity index is 1.64. The maximum Gasteiger partial charge on any atom is 0.405 e. The molecule has 4 saturated carbocycles. The van der Waals surface area contributed by atoms with E-state index in [1.54, 1.807) is 0 Å². The van der Waals surface area contributed by atoms with Crippen molar-refractivity contribution in [2.75, 3.05) is 0 Å². The van der Waals surface area contributed by atoms with Crippen LogP contribution in [0.5, 0.6) is 0 Å². The molecule has 23 heavy (non-hydrogen) atoms. The first-order valence-corrected chi connectivity index (χ1v) is 8.29. The fraction of sp³-hybridized carbons (Fsp3) is 0.941. The highest BCUT2D eigenvalue weighted by Crippen LogP contribution is 2.83. The molecule has 0 aromatic heterocycles. The number of halogens is 3. The topological polar surface area (TPSA) is 46.5 Å². The number of carbonyl (C=O) groups excluding carboxylic acids is 1. The van der Waals surface area contributed by atoms with E-state index in [9.17, 15) is 23.1 Å². The predicted octanol–water partition coefficient (Wildman–Crippen LogP) is 3.30. The SMILES string of the molecule is CC(C)(C)C(C)(C(=O)OC12CC3CC(O)(C1)C1C3C12)C(F)(F)F. The van der Waals surface area contributed by atoms with Crippen LogP contribution in [0.3, 0.4) is 0 Å². The smallest absolute Gasteiger partial charge is 0.405 e. The minimum Gasteiger partial charge on any atom is -0.458 e. The van der Waals surface area contributed by atoms with Gasteiger partial charge in [-0.15, -0.1) is 0 Å². The van der Waals surface area contributed by atoms with Crippen LogP contribution in [0.4, 0.5) is 13.2 Å². The molecule has 0 saturated heterocycles. The number of hydrogen-bond donors (Lipinski definition) is 1. The first kappa shape index (κ1) is 15.7. The van der Waals surface area contributed by atoms with E-state index >= 15 is 0 Å². The molecule has 0 heterocycles. The van der Waals surface area contributed by atoms with Crippen LogP contribution in [-0.2, 0) is 9.53 Å². The van der Waals surface area contributed by atoms with Crippen molar-refractivity contribution < 1.29 is 27.8 Å². The van der Waals surface area contributed by atoms with Crippen LogP contribution in [0, 0.1) is 34.5 Å². The Morgan fingerprint density at radius 1 is 1.13 bits per heavy atom. The predicted molar refractivity (Wildman–Crippen MR) is 75.2 cm³/mol. The summed E-state index contributed by atoms with van der Waals surface area (Å²) in [5.41, 5.74) is -5.54. The monoisotopic (exact) mass is 332 g/mol. The number of carbonyl (C=O) groups is 1. The molecule has 6 heteroatoms. The van der Waals surface area contributed by atoms with Crippen LogP contribution in [0.15, 0.2) is 0 Å². The molecule has 4 rings (SSSR count). The van der Waals surface area contributed by atoms with Gasteiger partial charge in [-0.25, -0.2) is 0 Å². The van der Waals surface area contributed by atoms with Gasteiger partial charge in [-0.3, -0.25) is 4.79 Å². The van der Waals surface area contributed by atoms with E-state index in [4.69, 9.17) is 4.74 Å². The van der Waals surface area contributed by atoms with Crippen molar-refractivity contribution in [3.63, 3.8) is 0 Å². The van der Waals surface area contributed by atoms with Crippen molar-refractivity contribution in [3.8, 4) is 0 Å². The molecule has 0 aliphatic heterocycles. The first-order chi connectivity index (χ1) is 10.3. The highest BCUT2D eigenvalue weighted by atomic mass is 19.4. The normalized spacial score (nSPS) is 49.2. The lowest BCUT2D eigenvalue weighted by atomic mass is 9.67. The molecule has 0 aromatic rings. The van der Waals surface area contributed by atoms with Crippen molar-refractivity contribution >= 4 is 5.97 Å². The molecule has 0 amide bonds. The largest absolute Gasteiger partial charge is 0.458 e. The maximum absolute atomic E-state index is 13.7. The third-order valence-corrected chi connectivity index (χ3v) is 7.45. The molecule has 7 unspecified atom stereocenters. The molecule has 4 aliphatic carbocycles. The van der Waals surface area contributed by atoms with E-state index in [2.05, 4.69) is 0 Å². The first-order valence-electron chi connectivity index (χ1n) is 8.29. The summed E-state index contributed by atoms with van der Waals surface area (Å²) in [6.45, 7) is 5.18. The minimum atomic E-state index is -4.68. The molecule has 130 valence electrons. The van der Waals surface area contributed by atoms with Gasteiger partial charge in [0.15, 0.2) is 5.41 Å². The zero-order valence-electron chi connectivity index (χ0n) is 13.8. The summed E-state index contributed by atoms with van der Waals surface area (Å²) < 4.78 is 46.7. The van der Waals surface area contributed by atoms with Crippen LogP contribution < -0.4 is 0 Å². The van der Waals surface area contributed by atoms with Gasteiger partial charge in [-0.2, -0.15) is 13.2 Å². The summed E-state index contributed by atoms with van der Waals surface area (Å²) in [6, 6.07) is 0. The molecule has 4 fully saturated rings. The van der Waals surface area contributed by atoms with Gasteiger partial charge < -0.3 is 9.84 Å². The third kappa shape index (κ3) is 1.59. The summed E-state index contributed by atoms with van der Waals surface area (Å²) >= 11 is 0. The Morgan fingerprint density at radius 2 is 1.74 bits per heavy atom. The van der Waals surface area contributed by atoms with Crippen LogP contribution in [0.2, 0.25) is 0 Å². The fourth-order valence-electron chi connectivity index (χ4n) is 5.98. The zero-order valence-corrected chi connectivity index (χ0v) is 13.8. The van der Waals surface area contributed by atoms with Gasteiger partial charge in [0.2, 0.25) is 0 Å². The molecular formula is C17H23F3O3. The maximum atomic E-state index is 13.7. The third-order valence-electron chi connectivity index (χ3n) is 7.45. The lowest BCUT2D eigenvalue weighted by Crippen LogP contribution is -2.55. The minimum absolute atomic E-state index is 0.0765. The lowest BCUT2D eigenvalue weighted by molar-refractivity contribution is -0.262. The van der Waals surface area contributed by atoms with Crippen molar-refractivity contribution in [1.82, 2.24) is 0 Å². The van der Waals surface area contributed by atoms with Crippen molar-refractivity contribution in [2.24, 2.45) is 34.5 Å². The molecule has 3 nitrogen and oxygen atoms in total. The van der Waals surface area contributed by atoms with Gasteiger partial charge in [0.05, 0.1) is 5.60 Å². The second-order valence-electron chi connectivity index (χ2n) is 9.40. The summed E-state index contributed by atoms with van der Waals surface area (Å²) in [4.78, 5) is 12.7. The summed E-state index contributed by atoms with van der Waals surface area (Å²) in [7, 11) is 0. The molecule has 0 spiro atoms. The lowest BCUT2D eigenvalue weighted by Gasteiger charge is -2.44. The van der Waals surface area contributed by atoms with Crippen LogP contribution in [-0.4, -0.2) is 28.5 Å². The standard InChI is InChI=1S/C17H23F3O3/c1-13(2,3)14(4,17(18,19)20)12(21)23-16-6-8-5-15(22,7-16)10-9(8)11(10)16/h8-11,22H,5-7H2,1-4H3. The Morgan fingerprint density at radius 3 is 2.13 bits per heavy atom. The van der Waals surface area contributed by atoms with Gasteiger partial charge in [0, 0.05) is 12.3 Å². The highest BCUT2D eigenvalue weighted by Gasteiger charge is 2.87. The second kappa shape index (κ2) is 3.73. The quantitative estimate of drug-likeness (QED) is 0.789. The Kier molecular flexibility index (Phi) is 2.55. The van der Waals surface area contributed by atoms with E-state index in [-0.39, 0.29) is 11.8 Å².